The third-order valence-corrected chi connectivity index (χ3v) is 5.09. The summed E-state index contributed by atoms with van der Waals surface area (Å²) in [4.78, 5) is 38.1. The van der Waals surface area contributed by atoms with Crippen molar-refractivity contribution in [2.45, 2.75) is 45.9 Å². The van der Waals surface area contributed by atoms with Gasteiger partial charge < -0.3 is 20.3 Å². The lowest BCUT2D eigenvalue weighted by Gasteiger charge is -2.16. The van der Waals surface area contributed by atoms with E-state index in [1.54, 1.807) is 29.2 Å². The van der Waals surface area contributed by atoms with Crippen molar-refractivity contribution >= 4 is 23.4 Å². The summed E-state index contributed by atoms with van der Waals surface area (Å²) in [7, 11) is 0. The Morgan fingerprint density at radius 2 is 1.74 bits per heavy atom. The van der Waals surface area contributed by atoms with E-state index in [0.717, 1.165) is 23.2 Å². The Bertz CT molecular complexity index is 925. The quantitative estimate of drug-likeness (QED) is 0.649. The maximum atomic E-state index is 12.3. The SMILES string of the molecule is CC(C)OCc1ccccc1CNC(=O)CNC(=O)c1ccc(N2CCCC2=O)cc1. The molecule has 2 aromatic carbocycles. The van der Waals surface area contributed by atoms with Gasteiger partial charge in [-0.1, -0.05) is 24.3 Å². The molecule has 3 amide bonds. The van der Waals surface area contributed by atoms with E-state index in [0.29, 0.717) is 31.7 Å². The predicted molar refractivity (Wildman–Crippen MR) is 119 cm³/mol. The van der Waals surface area contributed by atoms with Crippen molar-refractivity contribution < 1.29 is 19.1 Å². The average Bonchev–Trinajstić information content (AvgIpc) is 3.21. The van der Waals surface area contributed by atoms with E-state index in [2.05, 4.69) is 10.6 Å². The van der Waals surface area contributed by atoms with Crippen LogP contribution in [0.2, 0.25) is 0 Å². The van der Waals surface area contributed by atoms with Gasteiger partial charge in [-0.25, -0.2) is 0 Å². The fraction of sp³-hybridized carbons (Fsp3) is 0.375. The van der Waals surface area contributed by atoms with E-state index in [4.69, 9.17) is 4.74 Å². The second-order valence-corrected chi connectivity index (χ2v) is 7.78. The molecule has 0 unspecified atom stereocenters. The number of carbonyl (C=O) groups is 3. The lowest BCUT2D eigenvalue weighted by molar-refractivity contribution is -0.120. The van der Waals surface area contributed by atoms with E-state index in [9.17, 15) is 14.4 Å². The van der Waals surface area contributed by atoms with Crippen LogP contribution in [0, 0.1) is 0 Å². The summed E-state index contributed by atoms with van der Waals surface area (Å²) in [5.74, 6) is -0.501. The third-order valence-electron chi connectivity index (χ3n) is 5.09. The van der Waals surface area contributed by atoms with Gasteiger partial charge in [0.2, 0.25) is 11.8 Å². The van der Waals surface area contributed by atoms with Crippen LogP contribution in [-0.2, 0) is 27.5 Å². The largest absolute Gasteiger partial charge is 0.374 e. The van der Waals surface area contributed by atoms with Crippen LogP contribution in [0.5, 0.6) is 0 Å². The highest BCUT2D eigenvalue weighted by Crippen LogP contribution is 2.21. The van der Waals surface area contributed by atoms with Crippen molar-refractivity contribution in [3.8, 4) is 0 Å². The van der Waals surface area contributed by atoms with Gasteiger partial charge in [0.1, 0.15) is 0 Å². The van der Waals surface area contributed by atoms with Gasteiger partial charge in [-0.2, -0.15) is 0 Å². The lowest BCUT2D eigenvalue weighted by Crippen LogP contribution is -2.36. The molecule has 2 N–H and O–H groups in total. The number of hydrogen-bond acceptors (Lipinski definition) is 4. The van der Waals surface area contributed by atoms with Crippen LogP contribution >= 0.6 is 0 Å². The van der Waals surface area contributed by atoms with Gasteiger partial charge >= 0.3 is 0 Å². The summed E-state index contributed by atoms with van der Waals surface area (Å²) >= 11 is 0. The highest BCUT2D eigenvalue weighted by Gasteiger charge is 2.21. The predicted octanol–water partition coefficient (Wildman–Crippen LogP) is 2.78. The molecule has 0 saturated carbocycles. The summed E-state index contributed by atoms with van der Waals surface area (Å²) in [6, 6.07) is 14.6. The first kappa shape index (κ1) is 22.5. The normalized spacial score (nSPS) is 13.5. The molecule has 3 rings (SSSR count). The van der Waals surface area contributed by atoms with Gasteiger partial charge in [-0.3, -0.25) is 14.4 Å². The number of amides is 3. The van der Waals surface area contributed by atoms with Crippen molar-refractivity contribution in [1.82, 2.24) is 10.6 Å². The minimum absolute atomic E-state index is 0.103. The number of nitrogens with zero attached hydrogens (tertiary/aromatic N) is 1. The minimum Gasteiger partial charge on any atom is -0.374 e. The Hall–Kier alpha value is -3.19. The molecular weight excluding hydrogens is 394 g/mol. The summed E-state index contributed by atoms with van der Waals surface area (Å²) in [6.45, 7) is 5.40. The molecule has 7 nitrogen and oxygen atoms in total. The molecule has 1 heterocycles. The second-order valence-electron chi connectivity index (χ2n) is 7.78. The van der Waals surface area contributed by atoms with Crippen LogP contribution in [0.4, 0.5) is 5.69 Å². The van der Waals surface area contributed by atoms with Gasteiger partial charge in [0.25, 0.3) is 5.91 Å². The van der Waals surface area contributed by atoms with Gasteiger partial charge in [0, 0.05) is 30.8 Å². The Kier molecular flexibility index (Phi) is 7.78. The fourth-order valence-electron chi connectivity index (χ4n) is 3.36. The highest BCUT2D eigenvalue weighted by atomic mass is 16.5. The number of benzene rings is 2. The number of nitrogens with one attached hydrogen (secondary N) is 2. The first-order valence-corrected chi connectivity index (χ1v) is 10.6. The minimum atomic E-state index is -0.333. The fourth-order valence-corrected chi connectivity index (χ4v) is 3.36. The van der Waals surface area contributed by atoms with Crippen molar-refractivity contribution in [2.24, 2.45) is 0 Å². The molecule has 0 aliphatic carbocycles. The smallest absolute Gasteiger partial charge is 0.251 e. The van der Waals surface area contributed by atoms with Gasteiger partial charge in [0.15, 0.2) is 0 Å². The molecule has 0 aromatic heterocycles. The molecule has 2 aromatic rings. The molecule has 1 fully saturated rings. The summed E-state index contributed by atoms with van der Waals surface area (Å²) in [5.41, 5.74) is 3.24. The summed E-state index contributed by atoms with van der Waals surface area (Å²) in [6.07, 6.45) is 1.54. The molecule has 31 heavy (non-hydrogen) atoms. The standard InChI is InChI=1S/C24H29N3O4/c1-17(2)31-16-20-7-4-3-6-19(20)14-25-22(28)15-26-24(30)18-9-11-21(12-10-18)27-13-5-8-23(27)29/h3-4,6-7,9-12,17H,5,8,13-16H2,1-2H3,(H,25,28)(H,26,30). The van der Waals surface area contributed by atoms with Crippen LogP contribution in [0.25, 0.3) is 0 Å². The maximum Gasteiger partial charge on any atom is 0.251 e. The highest BCUT2D eigenvalue weighted by molar-refractivity contribution is 5.98. The van der Waals surface area contributed by atoms with Crippen molar-refractivity contribution in [2.75, 3.05) is 18.0 Å². The number of anilines is 1. The average molecular weight is 424 g/mol. The molecule has 164 valence electrons. The van der Waals surface area contributed by atoms with Crippen LogP contribution < -0.4 is 15.5 Å². The molecule has 1 aliphatic rings. The molecule has 0 atom stereocenters. The first-order chi connectivity index (χ1) is 14.9. The van der Waals surface area contributed by atoms with Crippen molar-refractivity contribution in [1.29, 1.82) is 0 Å². The molecule has 1 aliphatic heterocycles. The first-order valence-electron chi connectivity index (χ1n) is 10.6. The van der Waals surface area contributed by atoms with Gasteiger partial charge in [-0.05, 0) is 55.7 Å². The number of carbonyl (C=O) groups excluding carboxylic acids is 3. The maximum absolute atomic E-state index is 12.3. The van der Waals surface area contributed by atoms with Crippen LogP contribution in [0.3, 0.4) is 0 Å². The summed E-state index contributed by atoms with van der Waals surface area (Å²) < 4.78 is 5.66. The molecule has 1 saturated heterocycles. The molecule has 0 bridgehead atoms. The Labute approximate surface area is 182 Å². The van der Waals surface area contributed by atoms with E-state index in [-0.39, 0.29) is 30.4 Å². The zero-order chi connectivity index (χ0) is 22.2. The molecule has 0 radical (unpaired) electrons. The topological polar surface area (TPSA) is 87.7 Å². The van der Waals surface area contributed by atoms with E-state index < -0.39 is 0 Å². The monoisotopic (exact) mass is 423 g/mol. The number of ether oxygens (including phenoxy) is 1. The number of hydrogen-bond donors (Lipinski definition) is 2. The third kappa shape index (κ3) is 6.39. The van der Waals surface area contributed by atoms with Crippen molar-refractivity contribution in [3.63, 3.8) is 0 Å². The Morgan fingerprint density at radius 1 is 1.03 bits per heavy atom. The van der Waals surface area contributed by atoms with Crippen LogP contribution in [-0.4, -0.2) is 36.9 Å². The molecule has 0 spiro atoms. The zero-order valence-corrected chi connectivity index (χ0v) is 18.0. The zero-order valence-electron chi connectivity index (χ0n) is 18.0. The van der Waals surface area contributed by atoms with E-state index in [1.807, 2.05) is 38.1 Å². The molecule has 7 heteroatoms. The number of rotatable bonds is 9. The lowest BCUT2D eigenvalue weighted by atomic mass is 10.1. The second kappa shape index (κ2) is 10.7. The van der Waals surface area contributed by atoms with Gasteiger partial charge in [-0.15, -0.1) is 0 Å². The Balaban J connectivity index is 1.46. The van der Waals surface area contributed by atoms with Gasteiger partial charge in [0.05, 0.1) is 19.3 Å². The van der Waals surface area contributed by atoms with E-state index >= 15 is 0 Å². The van der Waals surface area contributed by atoms with Crippen molar-refractivity contribution in [3.05, 3.63) is 65.2 Å². The van der Waals surface area contributed by atoms with E-state index in [1.165, 1.54) is 0 Å². The Morgan fingerprint density at radius 3 is 2.39 bits per heavy atom. The summed E-state index contributed by atoms with van der Waals surface area (Å²) in [5, 5.41) is 5.46. The molecular formula is C24H29N3O4. The van der Waals surface area contributed by atoms with Crippen LogP contribution in [0.15, 0.2) is 48.5 Å². The van der Waals surface area contributed by atoms with Crippen LogP contribution in [0.1, 0.15) is 48.2 Å².